The van der Waals surface area contributed by atoms with Crippen LogP contribution in [0.25, 0.3) is 0 Å². The summed E-state index contributed by atoms with van der Waals surface area (Å²) in [6.07, 6.45) is 3.12. The first-order valence-electron chi connectivity index (χ1n) is 8.26. The normalized spacial score (nSPS) is 15.5. The predicted molar refractivity (Wildman–Crippen MR) is 98.2 cm³/mol. The summed E-state index contributed by atoms with van der Waals surface area (Å²) in [7, 11) is 0. The SMILES string of the molecule is CC1=C(C(=O)Nc2cccnc2)[C@H](c2cccc([N+](=O)[O-])c2)n2nnnc2N1. The van der Waals surface area contributed by atoms with Gasteiger partial charge < -0.3 is 10.6 Å². The fraction of sp³-hybridized carbons (Fsp3) is 0.118. The third-order valence-corrected chi connectivity index (χ3v) is 4.27. The van der Waals surface area contributed by atoms with Gasteiger partial charge in [0.25, 0.3) is 11.6 Å². The zero-order valence-corrected chi connectivity index (χ0v) is 14.6. The Bertz CT molecular complexity index is 1090. The fourth-order valence-corrected chi connectivity index (χ4v) is 3.06. The summed E-state index contributed by atoms with van der Waals surface area (Å²) in [6.45, 7) is 1.72. The molecule has 1 aliphatic rings. The Morgan fingerprint density at radius 1 is 1.32 bits per heavy atom. The van der Waals surface area contributed by atoms with E-state index in [4.69, 9.17) is 0 Å². The molecule has 0 unspecified atom stereocenters. The molecule has 4 rings (SSSR count). The van der Waals surface area contributed by atoms with Crippen molar-refractivity contribution < 1.29 is 9.72 Å². The molecule has 1 aromatic carbocycles. The molecule has 11 nitrogen and oxygen atoms in total. The van der Waals surface area contributed by atoms with Crippen molar-refractivity contribution in [1.82, 2.24) is 25.2 Å². The summed E-state index contributed by atoms with van der Waals surface area (Å²) in [5, 5.41) is 28.5. The van der Waals surface area contributed by atoms with E-state index in [0.29, 0.717) is 28.5 Å². The second kappa shape index (κ2) is 6.87. The number of tetrazole rings is 1. The van der Waals surface area contributed by atoms with E-state index < -0.39 is 16.9 Å². The number of anilines is 2. The van der Waals surface area contributed by atoms with E-state index in [1.54, 1.807) is 37.4 Å². The maximum absolute atomic E-state index is 13.1. The van der Waals surface area contributed by atoms with E-state index in [-0.39, 0.29) is 5.69 Å². The summed E-state index contributed by atoms with van der Waals surface area (Å²) in [5.74, 6) is -0.0532. The number of nitro benzene ring substituents is 1. The van der Waals surface area contributed by atoms with Gasteiger partial charge in [0.05, 0.1) is 22.4 Å². The monoisotopic (exact) mass is 378 g/mol. The number of rotatable bonds is 4. The number of nitrogens with zero attached hydrogens (tertiary/aromatic N) is 6. The molecule has 0 saturated heterocycles. The van der Waals surface area contributed by atoms with Gasteiger partial charge in [-0.25, -0.2) is 0 Å². The van der Waals surface area contributed by atoms with Gasteiger partial charge in [-0.15, -0.1) is 0 Å². The number of non-ortho nitro benzene ring substituents is 1. The topological polar surface area (TPSA) is 141 Å². The highest BCUT2D eigenvalue weighted by atomic mass is 16.6. The number of nitrogens with one attached hydrogen (secondary N) is 2. The molecule has 1 aliphatic heterocycles. The number of carbonyl (C=O) groups excluding carboxylic acids is 1. The molecule has 0 aliphatic carbocycles. The van der Waals surface area contributed by atoms with Gasteiger partial charge in [0.15, 0.2) is 0 Å². The number of allylic oxidation sites excluding steroid dienone is 1. The Kier molecular flexibility index (Phi) is 4.24. The summed E-state index contributed by atoms with van der Waals surface area (Å²) in [5.41, 5.74) is 1.83. The van der Waals surface area contributed by atoms with Crippen molar-refractivity contribution in [2.24, 2.45) is 0 Å². The molecule has 0 fully saturated rings. The summed E-state index contributed by atoms with van der Waals surface area (Å²) >= 11 is 0. The first-order chi connectivity index (χ1) is 13.5. The first kappa shape index (κ1) is 17.3. The van der Waals surface area contributed by atoms with Crippen LogP contribution in [0.4, 0.5) is 17.3 Å². The van der Waals surface area contributed by atoms with E-state index in [9.17, 15) is 14.9 Å². The van der Waals surface area contributed by atoms with Crippen molar-refractivity contribution in [1.29, 1.82) is 0 Å². The molecule has 3 heterocycles. The van der Waals surface area contributed by atoms with Crippen molar-refractivity contribution in [3.8, 4) is 0 Å². The second-order valence-electron chi connectivity index (χ2n) is 6.06. The van der Waals surface area contributed by atoms with Crippen molar-refractivity contribution in [3.05, 3.63) is 75.7 Å². The van der Waals surface area contributed by atoms with Crippen LogP contribution in [0.3, 0.4) is 0 Å². The van der Waals surface area contributed by atoms with E-state index in [2.05, 4.69) is 31.1 Å². The second-order valence-corrected chi connectivity index (χ2v) is 6.06. The molecule has 11 heteroatoms. The van der Waals surface area contributed by atoms with E-state index in [0.717, 1.165) is 0 Å². The van der Waals surface area contributed by atoms with Crippen LogP contribution < -0.4 is 10.6 Å². The maximum atomic E-state index is 13.1. The van der Waals surface area contributed by atoms with Crippen LogP contribution in [0.1, 0.15) is 18.5 Å². The number of amides is 1. The van der Waals surface area contributed by atoms with Gasteiger partial charge in [-0.2, -0.15) is 4.68 Å². The van der Waals surface area contributed by atoms with Crippen molar-refractivity contribution in [2.75, 3.05) is 10.6 Å². The molecule has 28 heavy (non-hydrogen) atoms. The molecule has 1 amide bonds. The summed E-state index contributed by atoms with van der Waals surface area (Å²) in [6, 6.07) is 8.73. The summed E-state index contributed by atoms with van der Waals surface area (Å²) < 4.78 is 1.42. The molecule has 0 bridgehead atoms. The van der Waals surface area contributed by atoms with Crippen LogP contribution in [-0.2, 0) is 4.79 Å². The van der Waals surface area contributed by atoms with Crippen LogP contribution >= 0.6 is 0 Å². The Morgan fingerprint density at radius 3 is 2.93 bits per heavy atom. The molecule has 0 saturated carbocycles. The number of fused-ring (bicyclic) bond motifs is 1. The van der Waals surface area contributed by atoms with Gasteiger partial charge in [-0.05, 0) is 35.0 Å². The van der Waals surface area contributed by atoms with E-state index >= 15 is 0 Å². The minimum Gasteiger partial charge on any atom is -0.326 e. The first-order valence-corrected chi connectivity index (χ1v) is 8.26. The largest absolute Gasteiger partial charge is 0.326 e. The summed E-state index contributed by atoms with van der Waals surface area (Å²) in [4.78, 5) is 27.7. The number of carbonyl (C=O) groups is 1. The lowest BCUT2D eigenvalue weighted by Crippen LogP contribution is -2.31. The van der Waals surface area contributed by atoms with Gasteiger partial charge >= 0.3 is 0 Å². The molecular weight excluding hydrogens is 364 g/mol. The van der Waals surface area contributed by atoms with Crippen LogP contribution in [0.5, 0.6) is 0 Å². The van der Waals surface area contributed by atoms with Gasteiger partial charge in [0, 0.05) is 24.0 Å². The smallest absolute Gasteiger partial charge is 0.269 e. The molecule has 0 radical (unpaired) electrons. The molecule has 2 N–H and O–H groups in total. The van der Waals surface area contributed by atoms with Gasteiger partial charge in [-0.3, -0.25) is 19.9 Å². The Morgan fingerprint density at radius 2 is 2.18 bits per heavy atom. The zero-order valence-electron chi connectivity index (χ0n) is 14.6. The Hall–Kier alpha value is -4.15. The lowest BCUT2D eigenvalue weighted by atomic mass is 9.94. The number of aromatic nitrogens is 5. The van der Waals surface area contributed by atoms with E-state index in [1.807, 2.05) is 0 Å². The van der Waals surface area contributed by atoms with Gasteiger partial charge in [0.1, 0.15) is 6.04 Å². The van der Waals surface area contributed by atoms with Crippen LogP contribution in [0.2, 0.25) is 0 Å². The predicted octanol–water partition coefficient (Wildman–Crippen LogP) is 1.90. The number of nitro groups is 1. The van der Waals surface area contributed by atoms with Crippen molar-refractivity contribution in [3.63, 3.8) is 0 Å². The number of benzene rings is 1. The third kappa shape index (κ3) is 3.05. The highest BCUT2D eigenvalue weighted by Crippen LogP contribution is 2.35. The lowest BCUT2D eigenvalue weighted by molar-refractivity contribution is -0.384. The molecule has 140 valence electrons. The molecule has 0 spiro atoms. The molecule has 3 aromatic rings. The van der Waals surface area contributed by atoms with Crippen LogP contribution in [0.15, 0.2) is 60.1 Å². The zero-order chi connectivity index (χ0) is 19.7. The Labute approximate surface area is 158 Å². The number of pyridine rings is 1. The highest BCUT2D eigenvalue weighted by Gasteiger charge is 2.34. The lowest BCUT2D eigenvalue weighted by Gasteiger charge is -2.27. The highest BCUT2D eigenvalue weighted by molar-refractivity contribution is 6.05. The average molecular weight is 378 g/mol. The molecule has 2 aromatic heterocycles. The quantitative estimate of drug-likeness (QED) is 0.518. The standard InChI is InChI=1S/C17H14N8O3/c1-10-14(16(26)20-12-5-3-7-18-9-12)15(24-17(19-10)21-22-23-24)11-4-2-6-13(8-11)25(27)28/h2-9,15H,1H3,(H,20,26)(H,19,21,23)/t15-/m0/s1. The Balaban J connectivity index is 1.80. The third-order valence-electron chi connectivity index (χ3n) is 4.27. The van der Waals surface area contributed by atoms with Crippen LogP contribution in [0, 0.1) is 10.1 Å². The maximum Gasteiger partial charge on any atom is 0.269 e. The average Bonchev–Trinajstić information content (AvgIpc) is 3.15. The minimum absolute atomic E-state index is 0.0877. The van der Waals surface area contributed by atoms with Gasteiger partial charge in [-0.1, -0.05) is 17.2 Å². The number of hydrogen-bond donors (Lipinski definition) is 2. The minimum atomic E-state index is -0.733. The fourth-order valence-electron chi connectivity index (χ4n) is 3.06. The van der Waals surface area contributed by atoms with Crippen molar-refractivity contribution >= 4 is 23.2 Å². The molecule has 1 atom stereocenters. The number of hydrogen-bond acceptors (Lipinski definition) is 8. The van der Waals surface area contributed by atoms with Gasteiger partial charge in [0.2, 0.25) is 5.95 Å². The van der Waals surface area contributed by atoms with E-state index in [1.165, 1.54) is 23.0 Å². The van der Waals surface area contributed by atoms with Crippen LogP contribution in [-0.4, -0.2) is 36.0 Å². The van der Waals surface area contributed by atoms with Crippen molar-refractivity contribution in [2.45, 2.75) is 13.0 Å². The molecular formula is C17H14N8O3.